The van der Waals surface area contributed by atoms with E-state index in [9.17, 15) is 0 Å². The number of hydrogen-bond donors (Lipinski definition) is 1. The Morgan fingerprint density at radius 1 is 1.15 bits per heavy atom. The molecule has 0 bridgehead atoms. The van der Waals surface area contributed by atoms with Crippen molar-refractivity contribution in [3.05, 3.63) is 42.2 Å². The second-order valence-corrected chi connectivity index (χ2v) is 3.62. The lowest BCUT2D eigenvalue weighted by Crippen LogP contribution is -2.39. The molecule has 0 aromatic carbocycles. The van der Waals surface area contributed by atoms with E-state index in [1.165, 1.54) is 11.1 Å². The number of fused-ring (bicyclic) bond motifs is 1. The van der Waals surface area contributed by atoms with E-state index >= 15 is 0 Å². The van der Waals surface area contributed by atoms with Crippen LogP contribution in [0.25, 0.3) is 5.52 Å². The summed E-state index contributed by atoms with van der Waals surface area (Å²) < 4.78 is 2.19. The van der Waals surface area contributed by atoms with Gasteiger partial charge in [-0.15, -0.1) is 0 Å². The molecule has 0 spiro atoms. The molecule has 13 heavy (non-hydrogen) atoms. The Labute approximate surface area is 77.2 Å². The van der Waals surface area contributed by atoms with Crippen molar-refractivity contribution < 1.29 is 0 Å². The Morgan fingerprint density at radius 3 is 2.85 bits per heavy atom. The van der Waals surface area contributed by atoms with E-state index in [1.54, 1.807) is 0 Å². The van der Waals surface area contributed by atoms with Crippen molar-refractivity contribution in [1.29, 1.82) is 0 Å². The van der Waals surface area contributed by atoms with E-state index in [0.29, 0.717) is 0 Å². The van der Waals surface area contributed by atoms with Gasteiger partial charge in [-0.1, -0.05) is 6.07 Å². The molecular weight excluding hydrogens is 160 g/mol. The maximum atomic E-state index is 3.30. The number of rotatable bonds is 1. The van der Waals surface area contributed by atoms with Crippen LogP contribution in [0.15, 0.2) is 36.7 Å². The Balaban J connectivity index is 2.17. The third-order valence-electron chi connectivity index (χ3n) is 2.82. The van der Waals surface area contributed by atoms with Crippen molar-refractivity contribution >= 4 is 5.52 Å². The minimum Gasteiger partial charge on any atom is -0.324 e. The summed E-state index contributed by atoms with van der Waals surface area (Å²) in [4.78, 5) is 0. The molecule has 2 heteroatoms. The third kappa shape index (κ3) is 0.988. The number of aromatic nitrogens is 1. The van der Waals surface area contributed by atoms with Crippen molar-refractivity contribution in [2.75, 3.05) is 13.1 Å². The first-order valence-corrected chi connectivity index (χ1v) is 4.71. The van der Waals surface area contributed by atoms with E-state index in [4.69, 9.17) is 0 Å². The van der Waals surface area contributed by atoms with Crippen LogP contribution >= 0.6 is 0 Å². The predicted molar refractivity (Wildman–Crippen MR) is 53.0 cm³/mol. The van der Waals surface area contributed by atoms with Crippen LogP contribution in [0.4, 0.5) is 0 Å². The van der Waals surface area contributed by atoms with Crippen LogP contribution in [-0.4, -0.2) is 17.5 Å². The van der Waals surface area contributed by atoms with Crippen molar-refractivity contribution in [3.63, 3.8) is 0 Å². The molecule has 2 aromatic heterocycles. The summed E-state index contributed by atoms with van der Waals surface area (Å²) in [6.07, 6.45) is 4.24. The third-order valence-corrected chi connectivity index (χ3v) is 2.82. The highest BCUT2D eigenvalue weighted by atomic mass is 15.0. The van der Waals surface area contributed by atoms with Crippen LogP contribution in [-0.2, 0) is 0 Å². The summed E-state index contributed by atoms with van der Waals surface area (Å²) in [6, 6.07) is 8.59. The standard InChI is InChI=1S/C11H12N2/c1-2-5-13-6-4-10(11(13)3-1)9-7-12-8-9/h1-6,9,12H,7-8H2. The number of hydrogen-bond acceptors (Lipinski definition) is 1. The Hall–Kier alpha value is -1.28. The summed E-state index contributed by atoms with van der Waals surface area (Å²) in [5.74, 6) is 0.729. The van der Waals surface area contributed by atoms with Gasteiger partial charge in [-0.3, -0.25) is 0 Å². The van der Waals surface area contributed by atoms with Crippen LogP contribution in [0.3, 0.4) is 0 Å². The van der Waals surface area contributed by atoms with E-state index in [1.807, 2.05) is 0 Å². The lowest BCUT2D eigenvalue weighted by atomic mass is 9.95. The molecule has 0 atom stereocenters. The average Bonchev–Trinajstić information content (AvgIpc) is 2.47. The zero-order valence-corrected chi connectivity index (χ0v) is 7.40. The molecule has 1 aliphatic rings. The van der Waals surface area contributed by atoms with Crippen LogP contribution < -0.4 is 5.32 Å². The lowest BCUT2D eigenvalue weighted by molar-refractivity contribution is 0.451. The lowest BCUT2D eigenvalue weighted by Gasteiger charge is -2.26. The molecule has 0 radical (unpaired) electrons. The fourth-order valence-corrected chi connectivity index (χ4v) is 1.93. The second kappa shape index (κ2) is 2.60. The predicted octanol–water partition coefficient (Wildman–Crippen LogP) is 1.63. The molecule has 1 N–H and O–H groups in total. The van der Waals surface area contributed by atoms with Gasteiger partial charge < -0.3 is 9.72 Å². The fourth-order valence-electron chi connectivity index (χ4n) is 1.93. The van der Waals surface area contributed by atoms with Crippen molar-refractivity contribution in [2.24, 2.45) is 0 Å². The minimum atomic E-state index is 0.729. The van der Waals surface area contributed by atoms with Gasteiger partial charge in [-0.2, -0.15) is 0 Å². The quantitative estimate of drug-likeness (QED) is 0.691. The zero-order valence-electron chi connectivity index (χ0n) is 7.40. The molecule has 1 aliphatic heterocycles. The highest BCUT2D eigenvalue weighted by Gasteiger charge is 2.20. The van der Waals surface area contributed by atoms with Gasteiger partial charge >= 0.3 is 0 Å². The largest absolute Gasteiger partial charge is 0.324 e. The van der Waals surface area contributed by atoms with Gasteiger partial charge in [0.05, 0.1) is 0 Å². The Morgan fingerprint density at radius 2 is 2.08 bits per heavy atom. The van der Waals surface area contributed by atoms with Gasteiger partial charge in [0.15, 0.2) is 0 Å². The summed E-state index contributed by atoms with van der Waals surface area (Å²) >= 11 is 0. The Bertz CT molecular complexity index is 426. The first-order chi connectivity index (χ1) is 6.45. The molecular formula is C11H12N2. The minimum absolute atomic E-state index is 0.729. The summed E-state index contributed by atoms with van der Waals surface area (Å²) in [6.45, 7) is 2.27. The topological polar surface area (TPSA) is 16.4 Å². The molecule has 0 unspecified atom stereocenters. The smallest absolute Gasteiger partial charge is 0.0485 e. The summed E-state index contributed by atoms with van der Waals surface area (Å²) in [5.41, 5.74) is 2.84. The van der Waals surface area contributed by atoms with E-state index in [0.717, 1.165) is 19.0 Å². The van der Waals surface area contributed by atoms with Gasteiger partial charge in [-0.25, -0.2) is 0 Å². The molecule has 3 rings (SSSR count). The number of nitrogens with one attached hydrogen (secondary N) is 1. The Kier molecular flexibility index (Phi) is 1.43. The molecule has 0 aliphatic carbocycles. The van der Waals surface area contributed by atoms with Crippen molar-refractivity contribution in [2.45, 2.75) is 5.92 Å². The van der Waals surface area contributed by atoms with Crippen LogP contribution in [0.5, 0.6) is 0 Å². The molecule has 1 saturated heterocycles. The van der Waals surface area contributed by atoms with Gasteiger partial charge in [0, 0.05) is 36.9 Å². The number of nitrogens with zero attached hydrogens (tertiary/aromatic N) is 1. The van der Waals surface area contributed by atoms with E-state index < -0.39 is 0 Å². The summed E-state index contributed by atoms with van der Waals surface area (Å²) in [7, 11) is 0. The van der Waals surface area contributed by atoms with Crippen LogP contribution in [0, 0.1) is 0 Å². The molecule has 0 amide bonds. The molecule has 0 saturated carbocycles. The normalized spacial score (nSPS) is 17.5. The van der Waals surface area contributed by atoms with Crippen LogP contribution in [0.1, 0.15) is 11.5 Å². The maximum absolute atomic E-state index is 3.30. The van der Waals surface area contributed by atoms with Gasteiger partial charge in [0.2, 0.25) is 0 Å². The van der Waals surface area contributed by atoms with E-state index in [-0.39, 0.29) is 0 Å². The molecule has 1 fully saturated rings. The second-order valence-electron chi connectivity index (χ2n) is 3.62. The molecule has 2 nitrogen and oxygen atoms in total. The highest BCUT2D eigenvalue weighted by molar-refractivity contribution is 5.57. The fraction of sp³-hybridized carbons (Fsp3) is 0.273. The van der Waals surface area contributed by atoms with Crippen molar-refractivity contribution in [1.82, 2.24) is 9.72 Å². The molecule has 66 valence electrons. The zero-order chi connectivity index (χ0) is 8.67. The first kappa shape index (κ1) is 7.15. The summed E-state index contributed by atoms with van der Waals surface area (Å²) in [5, 5.41) is 3.30. The van der Waals surface area contributed by atoms with Crippen LogP contribution in [0.2, 0.25) is 0 Å². The molecule has 2 aromatic rings. The van der Waals surface area contributed by atoms with Gasteiger partial charge in [0.1, 0.15) is 0 Å². The molecule has 3 heterocycles. The maximum Gasteiger partial charge on any atom is 0.0485 e. The average molecular weight is 172 g/mol. The monoisotopic (exact) mass is 172 g/mol. The first-order valence-electron chi connectivity index (χ1n) is 4.71. The van der Waals surface area contributed by atoms with Gasteiger partial charge in [-0.05, 0) is 23.8 Å². The SMILES string of the molecule is c1ccn2ccc(C3CNC3)c2c1. The highest BCUT2D eigenvalue weighted by Crippen LogP contribution is 2.24. The number of pyridine rings is 1. The van der Waals surface area contributed by atoms with Crippen molar-refractivity contribution in [3.8, 4) is 0 Å². The van der Waals surface area contributed by atoms with E-state index in [2.05, 4.69) is 46.4 Å². The van der Waals surface area contributed by atoms with Gasteiger partial charge in [0.25, 0.3) is 0 Å².